The number of benzene rings is 2. The number of carbonyl (C=O) groups is 2. The number of rotatable bonds is 7. The summed E-state index contributed by atoms with van der Waals surface area (Å²) in [5.41, 5.74) is 1.68. The number of aromatic nitrogens is 3. The maximum Gasteiger partial charge on any atom is 0.361 e. The number of esters is 1. The second-order valence-electron chi connectivity index (χ2n) is 6.66. The number of carbonyl (C=O) groups excluding carboxylic acids is 2. The molecule has 1 aromatic heterocycles. The second kappa shape index (κ2) is 9.09. The molecule has 29 heavy (non-hydrogen) atoms. The maximum absolute atomic E-state index is 13.3. The lowest BCUT2D eigenvalue weighted by atomic mass is 10.2. The molecule has 0 radical (unpaired) electrons. The van der Waals surface area contributed by atoms with Gasteiger partial charge in [-0.2, -0.15) is 0 Å². The summed E-state index contributed by atoms with van der Waals surface area (Å²) in [6.07, 6.45) is 0.462. The number of nitrogens with zero attached hydrogens (tertiary/aromatic N) is 4. The van der Waals surface area contributed by atoms with Crippen molar-refractivity contribution in [3.05, 3.63) is 83.4 Å². The monoisotopic (exact) mass is 396 g/mol. The van der Waals surface area contributed by atoms with E-state index in [9.17, 15) is 14.0 Å². The summed E-state index contributed by atoms with van der Waals surface area (Å²) in [6, 6.07) is 15.6. The Bertz CT molecular complexity index is 990. The Balaban J connectivity index is 1.56. The molecule has 0 spiro atoms. The molecule has 0 aliphatic heterocycles. The molecule has 3 rings (SSSR count). The number of hydrogen-bond acceptors (Lipinski definition) is 5. The minimum Gasteiger partial charge on any atom is -0.448 e. The van der Waals surface area contributed by atoms with Gasteiger partial charge in [0.15, 0.2) is 11.8 Å². The summed E-state index contributed by atoms with van der Waals surface area (Å²) in [5, 5.41) is 7.74. The first-order valence-electron chi connectivity index (χ1n) is 9.07. The number of likely N-dealkylation sites (N-methyl/N-ethyl adjacent to an activating group) is 1. The van der Waals surface area contributed by atoms with Gasteiger partial charge in [-0.3, -0.25) is 4.79 Å². The van der Waals surface area contributed by atoms with Crippen LogP contribution < -0.4 is 0 Å². The third-order valence-electron chi connectivity index (χ3n) is 4.25. The molecule has 0 fully saturated rings. The van der Waals surface area contributed by atoms with Crippen LogP contribution in [0, 0.1) is 5.82 Å². The molecular weight excluding hydrogens is 375 g/mol. The smallest absolute Gasteiger partial charge is 0.361 e. The van der Waals surface area contributed by atoms with Crippen molar-refractivity contribution < 1.29 is 18.7 Å². The lowest BCUT2D eigenvalue weighted by Gasteiger charge is -2.21. The average molecular weight is 396 g/mol. The van der Waals surface area contributed by atoms with Gasteiger partial charge in [0.05, 0.1) is 12.7 Å². The summed E-state index contributed by atoms with van der Waals surface area (Å²) < 4.78 is 20.0. The van der Waals surface area contributed by atoms with E-state index in [1.807, 2.05) is 30.3 Å². The fourth-order valence-electron chi connectivity index (χ4n) is 2.81. The summed E-state index contributed by atoms with van der Waals surface area (Å²) in [4.78, 5) is 26.1. The molecule has 3 aromatic rings. The molecule has 7 nitrogen and oxygen atoms in total. The Kier molecular flexibility index (Phi) is 6.33. The van der Waals surface area contributed by atoms with Crippen molar-refractivity contribution in [2.75, 3.05) is 7.05 Å². The van der Waals surface area contributed by atoms with Crippen LogP contribution in [0.2, 0.25) is 0 Å². The van der Waals surface area contributed by atoms with E-state index in [0.717, 1.165) is 5.56 Å². The van der Waals surface area contributed by atoms with Gasteiger partial charge < -0.3 is 9.64 Å². The topological polar surface area (TPSA) is 77.3 Å². The van der Waals surface area contributed by atoms with Crippen molar-refractivity contribution in [3.63, 3.8) is 0 Å². The van der Waals surface area contributed by atoms with Crippen molar-refractivity contribution in [2.24, 2.45) is 0 Å². The highest BCUT2D eigenvalue weighted by atomic mass is 19.1. The van der Waals surface area contributed by atoms with Gasteiger partial charge in [0, 0.05) is 13.6 Å². The van der Waals surface area contributed by atoms with Gasteiger partial charge in [-0.25, -0.2) is 13.9 Å². The normalized spacial score (nSPS) is 11.7. The largest absolute Gasteiger partial charge is 0.448 e. The molecule has 150 valence electrons. The highest BCUT2D eigenvalue weighted by Crippen LogP contribution is 2.10. The molecule has 1 heterocycles. The van der Waals surface area contributed by atoms with E-state index in [1.165, 1.54) is 34.8 Å². The highest BCUT2D eigenvalue weighted by molar-refractivity contribution is 5.90. The zero-order chi connectivity index (χ0) is 20.8. The lowest BCUT2D eigenvalue weighted by molar-refractivity contribution is -0.139. The Hall–Kier alpha value is -3.55. The van der Waals surface area contributed by atoms with Crippen LogP contribution in [0.1, 0.15) is 28.5 Å². The SMILES string of the molecule is CC(OC(=O)c1cn(Cc2ccccc2)nn1)C(=O)N(C)Cc1cccc(F)c1. The third-order valence-corrected chi connectivity index (χ3v) is 4.25. The van der Waals surface area contributed by atoms with Crippen molar-refractivity contribution in [3.8, 4) is 0 Å². The number of ether oxygens (including phenoxy) is 1. The van der Waals surface area contributed by atoms with Crippen molar-refractivity contribution in [1.82, 2.24) is 19.9 Å². The number of hydrogen-bond donors (Lipinski definition) is 0. The molecular formula is C21H21FN4O3. The fraction of sp³-hybridized carbons (Fsp3) is 0.238. The number of halogens is 1. The van der Waals surface area contributed by atoms with Crippen LogP contribution in [0.5, 0.6) is 0 Å². The Labute approximate surface area is 167 Å². The summed E-state index contributed by atoms with van der Waals surface area (Å²) in [6.45, 7) is 2.15. The first kappa shape index (κ1) is 20.2. The molecule has 8 heteroatoms. The lowest BCUT2D eigenvalue weighted by Crippen LogP contribution is -2.37. The first-order valence-corrected chi connectivity index (χ1v) is 9.07. The molecule has 1 unspecified atom stereocenters. The third kappa shape index (κ3) is 5.47. The van der Waals surface area contributed by atoms with Gasteiger partial charge in [-0.15, -0.1) is 5.10 Å². The quantitative estimate of drug-likeness (QED) is 0.574. The van der Waals surface area contributed by atoms with E-state index in [2.05, 4.69) is 10.3 Å². The molecule has 2 aromatic carbocycles. The van der Waals surface area contributed by atoms with E-state index in [-0.39, 0.29) is 18.1 Å². The first-order chi connectivity index (χ1) is 13.9. The minimum absolute atomic E-state index is 0.0216. The molecule has 1 atom stereocenters. The summed E-state index contributed by atoms with van der Waals surface area (Å²) in [5.74, 6) is -1.51. The summed E-state index contributed by atoms with van der Waals surface area (Å²) in [7, 11) is 1.56. The standard InChI is InChI=1S/C21H21FN4O3/c1-15(20(27)25(2)12-17-9-6-10-18(22)11-17)29-21(28)19-14-26(24-23-19)13-16-7-4-3-5-8-16/h3-11,14-15H,12-13H2,1-2H3. The zero-order valence-corrected chi connectivity index (χ0v) is 16.2. The van der Waals surface area contributed by atoms with Crippen molar-refractivity contribution in [2.45, 2.75) is 26.1 Å². The van der Waals surface area contributed by atoms with E-state index < -0.39 is 18.0 Å². The minimum atomic E-state index is -1.01. The predicted molar refractivity (Wildman–Crippen MR) is 103 cm³/mol. The van der Waals surface area contributed by atoms with Gasteiger partial charge in [0.1, 0.15) is 5.82 Å². The van der Waals surface area contributed by atoms with Crippen LogP contribution in [-0.4, -0.2) is 44.9 Å². The van der Waals surface area contributed by atoms with E-state index in [0.29, 0.717) is 12.1 Å². The van der Waals surface area contributed by atoms with E-state index >= 15 is 0 Å². The Morgan fingerprint density at radius 2 is 1.86 bits per heavy atom. The average Bonchev–Trinajstić information content (AvgIpc) is 3.16. The fourth-order valence-corrected chi connectivity index (χ4v) is 2.81. The van der Waals surface area contributed by atoms with Crippen molar-refractivity contribution >= 4 is 11.9 Å². The van der Waals surface area contributed by atoms with Gasteiger partial charge in [0.2, 0.25) is 0 Å². The predicted octanol–water partition coefficient (Wildman–Crippen LogP) is 2.67. The van der Waals surface area contributed by atoms with Gasteiger partial charge in [-0.1, -0.05) is 47.7 Å². The molecule has 0 aliphatic rings. The van der Waals surface area contributed by atoms with Crippen molar-refractivity contribution in [1.29, 1.82) is 0 Å². The Morgan fingerprint density at radius 1 is 1.14 bits per heavy atom. The summed E-state index contributed by atoms with van der Waals surface area (Å²) >= 11 is 0. The molecule has 0 N–H and O–H groups in total. The van der Waals surface area contributed by atoms with Crippen LogP contribution in [0.4, 0.5) is 4.39 Å². The molecule has 0 aliphatic carbocycles. The van der Waals surface area contributed by atoms with Gasteiger partial charge in [0.25, 0.3) is 5.91 Å². The molecule has 0 saturated heterocycles. The van der Waals surface area contributed by atoms with Gasteiger partial charge >= 0.3 is 5.97 Å². The van der Waals surface area contributed by atoms with E-state index in [4.69, 9.17) is 4.74 Å². The molecule has 1 amide bonds. The van der Waals surface area contributed by atoms with Crippen LogP contribution in [0.15, 0.2) is 60.8 Å². The van der Waals surface area contributed by atoms with Gasteiger partial charge in [-0.05, 0) is 30.2 Å². The van der Waals surface area contributed by atoms with E-state index in [1.54, 1.807) is 19.2 Å². The van der Waals surface area contributed by atoms with Crippen LogP contribution in [0.3, 0.4) is 0 Å². The Morgan fingerprint density at radius 3 is 2.59 bits per heavy atom. The maximum atomic E-state index is 13.3. The number of amides is 1. The van der Waals surface area contributed by atoms with Crippen LogP contribution >= 0.6 is 0 Å². The van der Waals surface area contributed by atoms with Crippen LogP contribution in [0.25, 0.3) is 0 Å². The highest BCUT2D eigenvalue weighted by Gasteiger charge is 2.24. The zero-order valence-electron chi connectivity index (χ0n) is 16.2. The second-order valence-corrected chi connectivity index (χ2v) is 6.66. The molecule has 0 bridgehead atoms. The molecule has 0 saturated carbocycles. The van der Waals surface area contributed by atoms with Crippen LogP contribution in [-0.2, 0) is 22.6 Å².